The third-order valence-electron chi connectivity index (χ3n) is 3.32. The van der Waals surface area contributed by atoms with Gasteiger partial charge in [-0.05, 0) is 39.0 Å². The lowest BCUT2D eigenvalue weighted by Crippen LogP contribution is -2.53. The van der Waals surface area contributed by atoms with Crippen molar-refractivity contribution in [1.82, 2.24) is 10.6 Å². The quantitative estimate of drug-likeness (QED) is 0.753. The number of ether oxygens (including phenoxy) is 1. The van der Waals surface area contributed by atoms with Crippen LogP contribution in [0.3, 0.4) is 0 Å². The highest BCUT2D eigenvalue weighted by molar-refractivity contribution is 5.86. The number of nitrogens with one attached hydrogen (secondary N) is 2. The van der Waals surface area contributed by atoms with Crippen molar-refractivity contribution >= 4 is 12.0 Å². The number of nitriles is 1. The molecule has 0 aromatic carbocycles. The zero-order valence-electron chi connectivity index (χ0n) is 15.4. The standard InChI is InChI=1S/C17H31N3O3/c1-11(2)13(9-8-10-18)19-15(21)14(12(3)4)20-16(22)23-17(5,6)7/h11-14H,8-9H2,1-7H3,(H,19,21)(H,20,22)/t13-,14+/m1/s1. The molecule has 2 amide bonds. The predicted octanol–water partition coefficient (Wildman–Crippen LogP) is 2.98. The zero-order chi connectivity index (χ0) is 18.2. The summed E-state index contributed by atoms with van der Waals surface area (Å²) in [6, 6.07) is 1.33. The molecule has 0 fully saturated rings. The molecule has 0 rings (SSSR count). The van der Waals surface area contributed by atoms with Gasteiger partial charge in [-0.25, -0.2) is 4.79 Å². The van der Waals surface area contributed by atoms with Crippen LogP contribution in [-0.4, -0.2) is 29.7 Å². The van der Waals surface area contributed by atoms with Crippen LogP contribution >= 0.6 is 0 Å². The molecule has 0 saturated heterocycles. The second kappa shape index (κ2) is 9.39. The molecule has 0 spiro atoms. The van der Waals surface area contributed by atoms with Crippen molar-refractivity contribution < 1.29 is 14.3 Å². The van der Waals surface area contributed by atoms with E-state index in [1.807, 2.05) is 27.7 Å². The average molecular weight is 325 g/mol. The normalized spacial score (nSPS) is 14.1. The van der Waals surface area contributed by atoms with E-state index in [-0.39, 0.29) is 23.8 Å². The van der Waals surface area contributed by atoms with E-state index in [9.17, 15) is 9.59 Å². The van der Waals surface area contributed by atoms with Gasteiger partial charge < -0.3 is 15.4 Å². The van der Waals surface area contributed by atoms with Gasteiger partial charge in [-0.3, -0.25) is 4.79 Å². The minimum atomic E-state index is -0.673. The second-order valence-corrected chi connectivity index (χ2v) is 7.42. The maximum atomic E-state index is 12.5. The first-order chi connectivity index (χ1) is 10.5. The van der Waals surface area contributed by atoms with Crippen molar-refractivity contribution in [2.45, 2.75) is 79.0 Å². The van der Waals surface area contributed by atoms with Crippen molar-refractivity contribution in [2.24, 2.45) is 11.8 Å². The van der Waals surface area contributed by atoms with E-state index in [1.165, 1.54) is 0 Å². The number of alkyl carbamates (subject to hydrolysis) is 1. The van der Waals surface area contributed by atoms with Gasteiger partial charge in [0.2, 0.25) is 5.91 Å². The highest BCUT2D eigenvalue weighted by Gasteiger charge is 2.28. The van der Waals surface area contributed by atoms with Crippen molar-refractivity contribution in [3.05, 3.63) is 0 Å². The highest BCUT2D eigenvalue weighted by atomic mass is 16.6. The fraction of sp³-hybridized carbons (Fsp3) is 0.824. The third kappa shape index (κ3) is 9.07. The first-order valence-electron chi connectivity index (χ1n) is 8.14. The Balaban J connectivity index is 4.85. The van der Waals surface area contributed by atoms with Gasteiger partial charge in [0.05, 0.1) is 6.07 Å². The molecule has 0 radical (unpaired) electrons. The van der Waals surface area contributed by atoms with Crippen LogP contribution in [0.1, 0.15) is 61.3 Å². The number of nitrogens with zero attached hydrogens (tertiary/aromatic N) is 1. The summed E-state index contributed by atoms with van der Waals surface area (Å²) in [7, 11) is 0. The molecular formula is C17H31N3O3. The lowest BCUT2D eigenvalue weighted by atomic mass is 9.97. The molecule has 0 saturated carbocycles. The molecule has 6 nitrogen and oxygen atoms in total. The maximum Gasteiger partial charge on any atom is 0.408 e. The summed E-state index contributed by atoms with van der Waals surface area (Å²) >= 11 is 0. The van der Waals surface area contributed by atoms with Crippen LogP contribution in [0.25, 0.3) is 0 Å². The Morgan fingerprint density at radius 1 is 1.09 bits per heavy atom. The molecule has 2 atom stereocenters. The number of hydrogen-bond donors (Lipinski definition) is 2. The largest absolute Gasteiger partial charge is 0.444 e. The van der Waals surface area contributed by atoms with Gasteiger partial charge in [-0.1, -0.05) is 27.7 Å². The Bertz CT molecular complexity index is 433. The smallest absolute Gasteiger partial charge is 0.408 e. The minimum absolute atomic E-state index is 0.0775. The first kappa shape index (κ1) is 21.2. The Kier molecular flexibility index (Phi) is 8.66. The van der Waals surface area contributed by atoms with E-state index in [0.717, 1.165) is 0 Å². The molecule has 0 bridgehead atoms. The van der Waals surface area contributed by atoms with Crippen molar-refractivity contribution in [2.75, 3.05) is 0 Å². The van der Waals surface area contributed by atoms with E-state index < -0.39 is 17.7 Å². The van der Waals surface area contributed by atoms with E-state index in [0.29, 0.717) is 12.8 Å². The average Bonchev–Trinajstić information content (AvgIpc) is 2.37. The number of amides is 2. The fourth-order valence-corrected chi connectivity index (χ4v) is 2.03. The molecule has 0 unspecified atom stereocenters. The summed E-state index contributed by atoms with van der Waals surface area (Å²) < 4.78 is 5.21. The Labute approximate surface area is 140 Å². The maximum absolute atomic E-state index is 12.5. The molecule has 0 aromatic rings. The second-order valence-electron chi connectivity index (χ2n) is 7.42. The molecule has 132 valence electrons. The summed E-state index contributed by atoms with van der Waals surface area (Å²) in [6.07, 6.45) is 0.371. The molecule has 0 aliphatic rings. The molecular weight excluding hydrogens is 294 g/mol. The van der Waals surface area contributed by atoms with Crippen LogP contribution in [0.4, 0.5) is 4.79 Å². The number of hydrogen-bond acceptors (Lipinski definition) is 4. The van der Waals surface area contributed by atoms with Crippen molar-refractivity contribution in [3.63, 3.8) is 0 Å². The lowest BCUT2D eigenvalue weighted by molar-refractivity contribution is -0.125. The number of carbonyl (C=O) groups excluding carboxylic acids is 2. The number of rotatable bonds is 7. The first-order valence-corrected chi connectivity index (χ1v) is 8.14. The summed E-state index contributed by atoms with van der Waals surface area (Å²) in [5.41, 5.74) is -0.616. The summed E-state index contributed by atoms with van der Waals surface area (Å²) in [5, 5.41) is 14.3. The molecule has 0 aliphatic heterocycles. The van der Waals surface area contributed by atoms with Gasteiger partial charge in [0.25, 0.3) is 0 Å². The van der Waals surface area contributed by atoms with E-state index >= 15 is 0 Å². The SMILES string of the molecule is CC(C)[C@H](NC(=O)OC(C)(C)C)C(=O)N[C@H](CCC#N)C(C)C. The summed E-state index contributed by atoms with van der Waals surface area (Å²) in [4.78, 5) is 24.4. The lowest BCUT2D eigenvalue weighted by Gasteiger charge is -2.28. The molecule has 0 heterocycles. The van der Waals surface area contributed by atoms with Crippen LogP contribution in [-0.2, 0) is 9.53 Å². The topological polar surface area (TPSA) is 91.2 Å². The molecule has 0 aliphatic carbocycles. The van der Waals surface area contributed by atoms with Crippen LogP contribution in [0, 0.1) is 23.2 Å². The number of carbonyl (C=O) groups is 2. The molecule has 23 heavy (non-hydrogen) atoms. The molecule has 0 aromatic heterocycles. The summed E-state index contributed by atoms with van der Waals surface area (Å²) in [6.45, 7) is 13.0. The van der Waals surface area contributed by atoms with Crippen LogP contribution in [0.15, 0.2) is 0 Å². The monoisotopic (exact) mass is 325 g/mol. The zero-order valence-corrected chi connectivity index (χ0v) is 15.4. The van der Waals surface area contributed by atoms with E-state index in [4.69, 9.17) is 10.00 Å². The van der Waals surface area contributed by atoms with Crippen LogP contribution < -0.4 is 10.6 Å². The van der Waals surface area contributed by atoms with Gasteiger partial charge >= 0.3 is 6.09 Å². The van der Waals surface area contributed by atoms with Crippen LogP contribution in [0.5, 0.6) is 0 Å². The van der Waals surface area contributed by atoms with Gasteiger partial charge in [-0.2, -0.15) is 5.26 Å². The third-order valence-corrected chi connectivity index (χ3v) is 3.32. The van der Waals surface area contributed by atoms with Crippen molar-refractivity contribution in [3.8, 4) is 6.07 Å². The Morgan fingerprint density at radius 2 is 1.65 bits per heavy atom. The predicted molar refractivity (Wildman–Crippen MR) is 89.6 cm³/mol. The molecule has 6 heteroatoms. The van der Waals surface area contributed by atoms with E-state index in [1.54, 1.807) is 20.8 Å². The Hall–Kier alpha value is -1.77. The van der Waals surface area contributed by atoms with Crippen molar-refractivity contribution in [1.29, 1.82) is 5.26 Å². The highest BCUT2D eigenvalue weighted by Crippen LogP contribution is 2.12. The summed E-state index contributed by atoms with van der Waals surface area (Å²) in [5.74, 6) is -0.115. The molecule has 2 N–H and O–H groups in total. The Morgan fingerprint density at radius 3 is 2.04 bits per heavy atom. The minimum Gasteiger partial charge on any atom is -0.444 e. The van der Waals surface area contributed by atoms with Gasteiger partial charge in [0, 0.05) is 12.5 Å². The van der Waals surface area contributed by atoms with Crippen LogP contribution in [0.2, 0.25) is 0 Å². The van der Waals surface area contributed by atoms with Gasteiger partial charge in [0.1, 0.15) is 11.6 Å². The van der Waals surface area contributed by atoms with Gasteiger partial charge in [0.15, 0.2) is 0 Å². The van der Waals surface area contributed by atoms with Gasteiger partial charge in [-0.15, -0.1) is 0 Å². The fourth-order valence-electron chi connectivity index (χ4n) is 2.03. The van der Waals surface area contributed by atoms with E-state index in [2.05, 4.69) is 16.7 Å².